The van der Waals surface area contributed by atoms with Gasteiger partial charge in [0.2, 0.25) is 0 Å². The average molecular weight is 293 g/mol. The van der Waals surface area contributed by atoms with E-state index in [1.54, 1.807) is 0 Å². The lowest BCUT2D eigenvalue weighted by molar-refractivity contribution is 0.266. The molecule has 0 radical (unpaired) electrons. The second kappa shape index (κ2) is 4.11. The van der Waals surface area contributed by atoms with Gasteiger partial charge in [-0.2, -0.15) is 0 Å². The molecule has 17 heavy (non-hydrogen) atoms. The summed E-state index contributed by atoms with van der Waals surface area (Å²) in [5, 5.41) is 0. The number of nitrogens with zero attached hydrogens (tertiary/aromatic N) is 1. The quantitative estimate of drug-likeness (QED) is 0.873. The minimum Gasteiger partial charge on any atom is -0.489 e. The smallest absolute Gasteiger partial charge is 0.143 e. The lowest BCUT2D eigenvalue weighted by Gasteiger charge is -2.35. The molecule has 0 spiro atoms. The molecule has 0 saturated heterocycles. The third-order valence-electron chi connectivity index (χ3n) is 3.15. The number of rotatable bonds is 1. The number of hydrogen-bond donors (Lipinski definition) is 1. The number of H-pyrrole nitrogens is 1. The van der Waals surface area contributed by atoms with Crippen molar-refractivity contribution in [2.45, 2.75) is 6.04 Å². The molecule has 1 aliphatic heterocycles. The van der Waals surface area contributed by atoms with Crippen LogP contribution in [0.4, 0.5) is 5.69 Å². The van der Waals surface area contributed by atoms with Crippen LogP contribution in [0.15, 0.2) is 41.0 Å². The van der Waals surface area contributed by atoms with Gasteiger partial charge in [0.25, 0.3) is 0 Å². The molecule has 1 aromatic carbocycles. The molecule has 1 N–H and O–H groups in total. The number of nitrogens with one attached hydrogen (secondary N) is 1. The first kappa shape index (κ1) is 10.7. The molecule has 4 heteroatoms. The second-order valence-corrected chi connectivity index (χ2v) is 5.09. The van der Waals surface area contributed by atoms with Crippen LogP contribution < -0.4 is 9.64 Å². The van der Waals surface area contributed by atoms with Crippen molar-refractivity contribution in [3.63, 3.8) is 0 Å². The predicted octanol–water partition coefficient (Wildman–Crippen LogP) is 3.35. The number of likely N-dealkylation sites (N-methyl/N-ethyl adjacent to an activating group) is 1. The highest BCUT2D eigenvalue weighted by molar-refractivity contribution is 9.10. The van der Waals surface area contributed by atoms with E-state index in [9.17, 15) is 0 Å². The number of anilines is 1. The maximum Gasteiger partial charge on any atom is 0.143 e. The molecule has 1 unspecified atom stereocenters. The van der Waals surface area contributed by atoms with E-state index in [1.165, 1.54) is 5.69 Å². The first-order chi connectivity index (χ1) is 8.25. The number of fused-ring (bicyclic) bond motifs is 1. The van der Waals surface area contributed by atoms with E-state index in [4.69, 9.17) is 4.74 Å². The van der Waals surface area contributed by atoms with Gasteiger partial charge in [-0.05, 0) is 30.3 Å². The zero-order valence-electron chi connectivity index (χ0n) is 9.48. The van der Waals surface area contributed by atoms with E-state index in [0.717, 1.165) is 15.9 Å². The molecule has 0 amide bonds. The molecule has 2 aromatic rings. The van der Waals surface area contributed by atoms with Gasteiger partial charge in [0.1, 0.15) is 18.4 Å². The third kappa shape index (κ3) is 1.82. The zero-order chi connectivity index (χ0) is 11.8. The summed E-state index contributed by atoms with van der Waals surface area (Å²) < 4.78 is 6.86. The molecule has 3 rings (SSSR count). The summed E-state index contributed by atoms with van der Waals surface area (Å²) in [6.07, 6.45) is 1.94. The van der Waals surface area contributed by atoms with Crippen molar-refractivity contribution in [3.05, 3.63) is 46.7 Å². The van der Waals surface area contributed by atoms with Gasteiger partial charge in [-0.25, -0.2) is 0 Å². The van der Waals surface area contributed by atoms with Crippen molar-refractivity contribution in [1.82, 2.24) is 4.98 Å². The number of hydrogen-bond acceptors (Lipinski definition) is 2. The van der Waals surface area contributed by atoms with E-state index in [1.807, 2.05) is 24.4 Å². The van der Waals surface area contributed by atoms with Crippen LogP contribution in [0.1, 0.15) is 11.7 Å². The molecule has 88 valence electrons. The zero-order valence-corrected chi connectivity index (χ0v) is 11.1. The molecular weight excluding hydrogens is 280 g/mol. The normalized spacial score (nSPS) is 18.7. The molecular formula is C13H13BrN2O. The fourth-order valence-electron chi connectivity index (χ4n) is 2.19. The highest BCUT2D eigenvalue weighted by Crippen LogP contribution is 2.39. The Bertz CT molecular complexity index is 524. The van der Waals surface area contributed by atoms with Crippen LogP contribution in [0, 0.1) is 0 Å². The van der Waals surface area contributed by atoms with E-state index in [2.05, 4.69) is 45.0 Å². The van der Waals surface area contributed by atoms with Gasteiger partial charge in [0, 0.05) is 23.4 Å². The van der Waals surface area contributed by atoms with Crippen LogP contribution in [0.25, 0.3) is 0 Å². The highest BCUT2D eigenvalue weighted by Gasteiger charge is 2.26. The SMILES string of the molecule is CN1c2ccc(Br)cc2OCC1c1ccc[nH]1. The summed E-state index contributed by atoms with van der Waals surface area (Å²) in [6.45, 7) is 0.667. The Labute approximate surface area is 109 Å². The predicted molar refractivity (Wildman–Crippen MR) is 71.6 cm³/mol. The van der Waals surface area contributed by atoms with Crippen molar-refractivity contribution in [2.24, 2.45) is 0 Å². The minimum absolute atomic E-state index is 0.249. The number of aromatic nitrogens is 1. The van der Waals surface area contributed by atoms with Gasteiger partial charge < -0.3 is 14.6 Å². The van der Waals surface area contributed by atoms with Gasteiger partial charge in [0.05, 0.1) is 5.69 Å². The molecule has 1 atom stereocenters. The van der Waals surface area contributed by atoms with Gasteiger partial charge in [-0.15, -0.1) is 0 Å². The van der Waals surface area contributed by atoms with Crippen molar-refractivity contribution in [1.29, 1.82) is 0 Å². The van der Waals surface area contributed by atoms with Gasteiger partial charge in [-0.3, -0.25) is 0 Å². The summed E-state index contributed by atoms with van der Waals surface area (Å²) in [5.41, 5.74) is 2.31. The number of aromatic amines is 1. The molecule has 0 saturated carbocycles. The molecule has 1 aromatic heterocycles. The molecule has 3 nitrogen and oxygen atoms in total. The van der Waals surface area contributed by atoms with Gasteiger partial charge in [-0.1, -0.05) is 15.9 Å². The standard InChI is InChI=1S/C13H13BrN2O/c1-16-11-5-4-9(14)7-13(11)17-8-12(16)10-3-2-6-15-10/h2-7,12,15H,8H2,1H3. The van der Waals surface area contributed by atoms with Crippen molar-refractivity contribution >= 4 is 21.6 Å². The number of halogens is 1. The van der Waals surface area contributed by atoms with Crippen molar-refractivity contribution < 1.29 is 4.74 Å². The summed E-state index contributed by atoms with van der Waals surface area (Å²) in [5.74, 6) is 0.935. The van der Waals surface area contributed by atoms with E-state index in [0.29, 0.717) is 6.61 Å². The summed E-state index contributed by atoms with van der Waals surface area (Å²) in [6, 6.07) is 10.5. The molecule has 0 bridgehead atoms. The molecule has 0 fully saturated rings. The average Bonchev–Trinajstić information content (AvgIpc) is 2.82. The Kier molecular flexibility index (Phi) is 2.59. The van der Waals surface area contributed by atoms with Crippen LogP contribution in [-0.4, -0.2) is 18.6 Å². The van der Waals surface area contributed by atoms with Crippen molar-refractivity contribution in [3.8, 4) is 5.75 Å². The Morgan fingerprint density at radius 2 is 2.29 bits per heavy atom. The maximum atomic E-state index is 5.82. The first-order valence-electron chi connectivity index (χ1n) is 5.54. The lowest BCUT2D eigenvalue weighted by atomic mass is 10.1. The summed E-state index contributed by atoms with van der Waals surface area (Å²) in [7, 11) is 2.10. The van der Waals surface area contributed by atoms with Crippen LogP contribution in [-0.2, 0) is 0 Å². The summed E-state index contributed by atoms with van der Waals surface area (Å²) >= 11 is 3.46. The van der Waals surface area contributed by atoms with Gasteiger partial charge >= 0.3 is 0 Å². The van der Waals surface area contributed by atoms with E-state index < -0.39 is 0 Å². The van der Waals surface area contributed by atoms with Crippen molar-refractivity contribution in [2.75, 3.05) is 18.6 Å². The molecule has 1 aliphatic rings. The first-order valence-corrected chi connectivity index (χ1v) is 6.33. The Hall–Kier alpha value is -1.42. The highest BCUT2D eigenvalue weighted by atomic mass is 79.9. The van der Waals surface area contributed by atoms with E-state index in [-0.39, 0.29) is 6.04 Å². The van der Waals surface area contributed by atoms with Crippen LogP contribution >= 0.6 is 15.9 Å². The van der Waals surface area contributed by atoms with Crippen LogP contribution in [0.3, 0.4) is 0 Å². The Morgan fingerprint density at radius 3 is 3.06 bits per heavy atom. The largest absolute Gasteiger partial charge is 0.489 e. The summed E-state index contributed by atoms with van der Waals surface area (Å²) in [4.78, 5) is 5.50. The Balaban J connectivity index is 1.98. The molecule has 0 aliphatic carbocycles. The fourth-order valence-corrected chi connectivity index (χ4v) is 2.53. The van der Waals surface area contributed by atoms with Crippen LogP contribution in [0.2, 0.25) is 0 Å². The topological polar surface area (TPSA) is 28.3 Å². The maximum absolute atomic E-state index is 5.82. The monoisotopic (exact) mass is 292 g/mol. The third-order valence-corrected chi connectivity index (χ3v) is 3.64. The lowest BCUT2D eigenvalue weighted by Crippen LogP contribution is -2.33. The fraction of sp³-hybridized carbons (Fsp3) is 0.231. The van der Waals surface area contributed by atoms with E-state index >= 15 is 0 Å². The van der Waals surface area contributed by atoms with Crippen LogP contribution in [0.5, 0.6) is 5.75 Å². The molecule has 2 heterocycles. The second-order valence-electron chi connectivity index (χ2n) is 4.18. The Morgan fingerprint density at radius 1 is 1.41 bits per heavy atom. The minimum atomic E-state index is 0.249. The number of benzene rings is 1. The number of ether oxygens (including phenoxy) is 1. The van der Waals surface area contributed by atoms with Gasteiger partial charge in [0.15, 0.2) is 0 Å².